The molecule has 1 fully saturated rings. The molecule has 1 unspecified atom stereocenters. The number of hydrogen-bond acceptors (Lipinski definition) is 2. The maximum atomic E-state index is 6.50. The molecule has 4 heteroatoms. The molecule has 0 aliphatic heterocycles. The van der Waals surface area contributed by atoms with Gasteiger partial charge in [-0.15, -0.1) is 0 Å². The van der Waals surface area contributed by atoms with Crippen LogP contribution in [0.25, 0.3) is 0 Å². The second-order valence-electron chi connectivity index (χ2n) is 6.60. The lowest BCUT2D eigenvalue weighted by Gasteiger charge is -2.29. The average molecular weight is 312 g/mol. The first-order valence-electron chi connectivity index (χ1n) is 8.61. The van der Waals surface area contributed by atoms with Crippen LogP contribution in [-0.4, -0.2) is 16.3 Å². The molecule has 0 saturated heterocycles. The Bertz CT molecular complexity index is 420. The Hall–Kier alpha value is -0.540. The second-order valence-corrected chi connectivity index (χ2v) is 7.01. The fraction of sp³-hybridized carbons (Fsp3) is 0.824. The van der Waals surface area contributed by atoms with Crippen molar-refractivity contribution in [2.45, 2.75) is 77.8 Å². The van der Waals surface area contributed by atoms with Gasteiger partial charge in [0.1, 0.15) is 0 Å². The molecule has 120 valence electrons. The van der Waals surface area contributed by atoms with Crippen molar-refractivity contribution in [2.75, 3.05) is 6.54 Å². The van der Waals surface area contributed by atoms with Crippen molar-refractivity contribution in [3.8, 4) is 0 Å². The van der Waals surface area contributed by atoms with Crippen LogP contribution in [0, 0.1) is 5.92 Å². The summed E-state index contributed by atoms with van der Waals surface area (Å²) in [5.41, 5.74) is 1.20. The Balaban J connectivity index is 2.28. The van der Waals surface area contributed by atoms with Gasteiger partial charge in [-0.1, -0.05) is 44.2 Å². The van der Waals surface area contributed by atoms with Crippen molar-refractivity contribution < 1.29 is 0 Å². The van der Waals surface area contributed by atoms with Gasteiger partial charge in [-0.3, -0.25) is 4.68 Å². The first-order valence-corrected chi connectivity index (χ1v) is 8.99. The van der Waals surface area contributed by atoms with E-state index < -0.39 is 0 Å². The van der Waals surface area contributed by atoms with Crippen LogP contribution in [0.2, 0.25) is 5.02 Å². The first kappa shape index (κ1) is 16.8. The van der Waals surface area contributed by atoms with Gasteiger partial charge in [-0.2, -0.15) is 5.10 Å². The molecule has 0 amide bonds. The van der Waals surface area contributed by atoms with E-state index in [4.69, 9.17) is 11.6 Å². The molecule has 3 nitrogen and oxygen atoms in total. The molecular formula is C17H30ClN3. The van der Waals surface area contributed by atoms with Crippen LogP contribution in [0.1, 0.15) is 83.5 Å². The lowest BCUT2D eigenvalue weighted by atomic mass is 9.89. The fourth-order valence-electron chi connectivity index (χ4n) is 3.48. The third-order valence-corrected chi connectivity index (χ3v) is 4.85. The van der Waals surface area contributed by atoms with Gasteiger partial charge in [0.05, 0.1) is 23.0 Å². The predicted molar refractivity (Wildman–Crippen MR) is 89.8 cm³/mol. The molecule has 0 radical (unpaired) electrons. The smallest absolute Gasteiger partial charge is 0.0834 e. The van der Waals surface area contributed by atoms with Crippen LogP contribution < -0.4 is 5.32 Å². The zero-order chi connectivity index (χ0) is 15.2. The molecule has 0 aromatic carbocycles. The summed E-state index contributed by atoms with van der Waals surface area (Å²) in [5.74, 6) is 0.686. The van der Waals surface area contributed by atoms with E-state index in [2.05, 4.69) is 35.9 Å². The van der Waals surface area contributed by atoms with Crippen molar-refractivity contribution in [1.29, 1.82) is 0 Å². The van der Waals surface area contributed by atoms with E-state index in [1.54, 1.807) is 0 Å². The minimum Gasteiger partial charge on any atom is -0.308 e. The van der Waals surface area contributed by atoms with Crippen molar-refractivity contribution >= 4 is 11.6 Å². The van der Waals surface area contributed by atoms with Gasteiger partial charge in [0, 0.05) is 6.04 Å². The van der Waals surface area contributed by atoms with E-state index in [9.17, 15) is 0 Å². The third kappa shape index (κ3) is 4.23. The summed E-state index contributed by atoms with van der Waals surface area (Å²) in [5, 5.41) is 9.09. The maximum absolute atomic E-state index is 6.50. The van der Waals surface area contributed by atoms with E-state index in [0.717, 1.165) is 18.0 Å². The van der Waals surface area contributed by atoms with Gasteiger partial charge in [0.25, 0.3) is 0 Å². The summed E-state index contributed by atoms with van der Waals surface area (Å²) >= 11 is 6.50. The van der Waals surface area contributed by atoms with E-state index >= 15 is 0 Å². The van der Waals surface area contributed by atoms with Crippen LogP contribution in [0.3, 0.4) is 0 Å². The van der Waals surface area contributed by atoms with E-state index in [1.807, 2.05) is 6.20 Å². The molecule has 21 heavy (non-hydrogen) atoms. The van der Waals surface area contributed by atoms with Gasteiger partial charge < -0.3 is 5.32 Å². The zero-order valence-corrected chi connectivity index (χ0v) is 14.5. The normalized spacial score (nSPS) is 18.9. The van der Waals surface area contributed by atoms with E-state index in [1.165, 1.54) is 44.2 Å². The second kappa shape index (κ2) is 8.19. The monoisotopic (exact) mass is 311 g/mol. The summed E-state index contributed by atoms with van der Waals surface area (Å²) in [6.07, 6.45) is 11.0. The molecule has 1 aromatic heterocycles. The number of nitrogens with one attached hydrogen (secondary N) is 1. The summed E-state index contributed by atoms with van der Waals surface area (Å²) in [6.45, 7) is 7.62. The Morgan fingerprint density at radius 2 is 1.95 bits per heavy atom. The Labute approximate surface area is 134 Å². The number of halogens is 1. The third-order valence-electron chi connectivity index (χ3n) is 4.56. The number of nitrogens with zero attached hydrogens (tertiary/aromatic N) is 2. The molecular weight excluding hydrogens is 282 g/mol. The molecule has 0 bridgehead atoms. The Kier molecular flexibility index (Phi) is 6.56. The molecule has 2 rings (SSSR count). The van der Waals surface area contributed by atoms with Gasteiger partial charge in [0.2, 0.25) is 0 Å². The van der Waals surface area contributed by atoms with Crippen molar-refractivity contribution in [2.24, 2.45) is 5.92 Å². The SMILES string of the molecule is CCCNC(c1c(Cl)cnn1C(C)C)C1CCCCCC1. The summed E-state index contributed by atoms with van der Waals surface area (Å²) in [7, 11) is 0. The predicted octanol–water partition coefficient (Wildman–Crippen LogP) is 5.13. The van der Waals surface area contributed by atoms with E-state index in [0.29, 0.717) is 18.0 Å². The molecule has 1 heterocycles. The molecule has 1 atom stereocenters. The van der Waals surface area contributed by atoms with Crippen LogP contribution >= 0.6 is 11.6 Å². The van der Waals surface area contributed by atoms with Crippen molar-refractivity contribution in [3.05, 3.63) is 16.9 Å². The number of aromatic nitrogens is 2. The highest BCUT2D eigenvalue weighted by molar-refractivity contribution is 6.31. The highest BCUT2D eigenvalue weighted by Crippen LogP contribution is 2.37. The Morgan fingerprint density at radius 3 is 2.52 bits per heavy atom. The Morgan fingerprint density at radius 1 is 1.29 bits per heavy atom. The zero-order valence-electron chi connectivity index (χ0n) is 13.7. The van der Waals surface area contributed by atoms with E-state index in [-0.39, 0.29) is 0 Å². The van der Waals surface area contributed by atoms with Crippen molar-refractivity contribution in [3.63, 3.8) is 0 Å². The van der Waals surface area contributed by atoms with Gasteiger partial charge >= 0.3 is 0 Å². The summed E-state index contributed by atoms with van der Waals surface area (Å²) < 4.78 is 2.11. The van der Waals surface area contributed by atoms with Crippen LogP contribution in [0.15, 0.2) is 6.20 Å². The largest absolute Gasteiger partial charge is 0.308 e. The summed E-state index contributed by atoms with van der Waals surface area (Å²) in [6, 6.07) is 0.699. The molecule has 1 N–H and O–H groups in total. The first-order chi connectivity index (χ1) is 10.1. The molecule has 0 spiro atoms. The van der Waals surface area contributed by atoms with Crippen LogP contribution in [0.4, 0.5) is 0 Å². The molecule has 1 saturated carbocycles. The fourth-order valence-corrected chi connectivity index (χ4v) is 3.73. The maximum Gasteiger partial charge on any atom is 0.0834 e. The number of hydrogen-bond donors (Lipinski definition) is 1. The lowest BCUT2D eigenvalue weighted by Crippen LogP contribution is -2.31. The van der Waals surface area contributed by atoms with Crippen LogP contribution in [0.5, 0.6) is 0 Å². The van der Waals surface area contributed by atoms with Gasteiger partial charge in [-0.05, 0) is 45.6 Å². The molecule has 1 aliphatic rings. The minimum atomic E-state index is 0.348. The summed E-state index contributed by atoms with van der Waals surface area (Å²) in [4.78, 5) is 0. The average Bonchev–Trinajstić information content (AvgIpc) is 2.68. The van der Waals surface area contributed by atoms with Crippen molar-refractivity contribution in [1.82, 2.24) is 15.1 Å². The van der Waals surface area contributed by atoms with Gasteiger partial charge in [-0.25, -0.2) is 0 Å². The molecule has 1 aliphatic carbocycles. The number of rotatable bonds is 6. The highest BCUT2D eigenvalue weighted by atomic mass is 35.5. The standard InChI is InChI=1S/C17H30ClN3/c1-4-11-19-16(14-9-7-5-6-8-10-14)17-15(18)12-20-21(17)13(2)3/h12-14,16,19H,4-11H2,1-3H3. The topological polar surface area (TPSA) is 29.9 Å². The van der Waals surface area contributed by atoms with Gasteiger partial charge in [0.15, 0.2) is 0 Å². The molecule has 1 aromatic rings. The minimum absolute atomic E-state index is 0.348. The lowest BCUT2D eigenvalue weighted by molar-refractivity contribution is 0.304. The highest BCUT2D eigenvalue weighted by Gasteiger charge is 2.29. The van der Waals surface area contributed by atoms with Crippen LogP contribution in [-0.2, 0) is 0 Å². The quantitative estimate of drug-likeness (QED) is 0.738.